The number of unbranched alkanes of at least 4 members (excludes halogenated alkanes) is 24. The zero-order chi connectivity index (χ0) is 52.7. The fraction of sp³-hybridized carbons (Fsp3) is 0.750. The lowest BCUT2D eigenvalue weighted by Gasteiger charge is -2.21. The van der Waals surface area contributed by atoms with Gasteiger partial charge in [-0.25, -0.2) is 4.57 Å². The van der Waals surface area contributed by atoms with Crippen LogP contribution in [0.2, 0.25) is 0 Å². The number of esters is 3. The van der Waals surface area contributed by atoms with Crippen molar-refractivity contribution in [2.45, 2.75) is 264 Å². The summed E-state index contributed by atoms with van der Waals surface area (Å²) in [6, 6.07) is 0. The number of phosphoric acid groups is 1. The fourth-order valence-corrected chi connectivity index (χ4v) is 8.51. The predicted molar refractivity (Wildman–Crippen MR) is 298 cm³/mol. The van der Waals surface area contributed by atoms with Gasteiger partial charge in [0, 0.05) is 19.3 Å². The van der Waals surface area contributed by atoms with Crippen LogP contribution in [0.3, 0.4) is 0 Å². The molecule has 0 aromatic rings. The van der Waals surface area contributed by atoms with Crippen molar-refractivity contribution in [2.75, 3.05) is 26.4 Å². The van der Waals surface area contributed by atoms with Gasteiger partial charge in [-0.1, -0.05) is 216 Å². The standard InChI is InChI=1S/C60H105O11P/c1-4-7-10-13-16-19-22-25-27-28-30-32-34-37-40-43-46-49-58(62)67-53-57(71-60(64)51-48-45-42-39-36-33-29-26-23-20-17-14-11-8-5-2)55-69-72(65,66)68-54-56(52-61)70-59(63)50-47-44-41-38-35-31-24-21-18-15-12-9-6-3/h7,10,16-17,19-20,25-27,29-30,32,56-57,61H,4-6,8-9,11-15,18,21-24,28,31,33-55H2,1-3H3,(H,65,66)/b10-7-,19-16-,20-17-,27-25-,29-26-,32-30-. The number of hydrogen-bond acceptors (Lipinski definition) is 10. The summed E-state index contributed by atoms with van der Waals surface area (Å²) in [6.07, 6.45) is 60.0. The molecule has 0 bridgehead atoms. The largest absolute Gasteiger partial charge is 0.472 e. The van der Waals surface area contributed by atoms with Gasteiger partial charge in [-0.2, -0.15) is 0 Å². The Kier molecular flexibility index (Phi) is 51.9. The summed E-state index contributed by atoms with van der Waals surface area (Å²) in [5.74, 6) is -1.50. The first kappa shape index (κ1) is 68.9. The van der Waals surface area contributed by atoms with E-state index < -0.39 is 57.8 Å². The average Bonchev–Trinajstić information content (AvgIpc) is 3.37. The van der Waals surface area contributed by atoms with Gasteiger partial charge in [-0.3, -0.25) is 23.4 Å². The molecule has 0 heterocycles. The van der Waals surface area contributed by atoms with Crippen LogP contribution in [0.1, 0.15) is 252 Å². The van der Waals surface area contributed by atoms with Gasteiger partial charge in [0.05, 0.1) is 19.8 Å². The molecule has 0 rings (SSSR count). The number of rotatable bonds is 53. The molecule has 3 unspecified atom stereocenters. The number of phosphoric ester groups is 1. The number of allylic oxidation sites excluding steroid dienone is 12. The first-order valence-electron chi connectivity index (χ1n) is 28.8. The molecule has 0 spiro atoms. The van der Waals surface area contributed by atoms with Crippen LogP contribution in [0.25, 0.3) is 0 Å². The third-order valence-corrected chi connectivity index (χ3v) is 13.1. The predicted octanol–water partition coefficient (Wildman–Crippen LogP) is 16.9. The molecule has 3 atom stereocenters. The average molecular weight is 1030 g/mol. The number of aliphatic hydroxyl groups is 1. The molecule has 0 aromatic heterocycles. The first-order valence-corrected chi connectivity index (χ1v) is 30.3. The maximum absolute atomic E-state index is 12.9. The van der Waals surface area contributed by atoms with Gasteiger partial charge in [0.1, 0.15) is 12.7 Å². The molecule has 0 aliphatic rings. The molecule has 0 radical (unpaired) electrons. The van der Waals surface area contributed by atoms with Crippen molar-refractivity contribution >= 4 is 25.7 Å². The molecule has 0 aromatic carbocycles. The van der Waals surface area contributed by atoms with Crippen LogP contribution < -0.4 is 0 Å². The zero-order valence-corrected chi connectivity index (χ0v) is 46.8. The van der Waals surface area contributed by atoms with E-state index in [0.717, 1.165) is 116 Å². The van der Waals surface area contributed by atoms with Gasteiger partial charge in [-0.05, 0) is 89.9 Å². The third-order valence-electron chi connectivity index (χ3n) is 12.1. The number of carbonyl (C=O) groups is 3. The normalized spacial score (nSPS) is 13.9. The summed E-state index contributed by atoms with van der Waals surface area (Å²) in [5, 5.41) is 9.81. The third kappa shape index (κ3) is 51.8. The van der Waals surface area contributed by atoms with Crippen LogP contribution in [0.4, 0.5) is 0 Å². The Hall–Kier alpha value is -3.08. The quantitative estimate of drug-likeness (QED) is 0.0197. The minimum absolute atomic E-state index is 0.145. The summed E-state index contributed by atoms with van der Waals surface area (Å²) in [5.41, 5.74) is 0. The highest BCUT2D eigenvalue weighted by atomic mass is 31.2. The monoisotopic (exact) mass is 1030 g/mol. The molecular weight excluding hydrogens is 928 g/mol. The van der Waals surface area contributed by atoms with Crippen molar-refractivity contribution in [1.29, 1.82) is 0 Å². The van der Waals surface area contributed by atoms with Crippen molar-refractivity contribution in [3.05, 3.63) is 72.9 Å². The zero-order valence-electron chi connectivity index (χ0n) is 45.9. The molecule has 0 saturated carbocycles. The van der Waals surface area contributed by atoms with E-state index in [1.54, 1.807) is 0 Å². The summed E-state index contributed by atoms with van der Waals surface area (Å²) >= 11 is 0. The summed E-state index contributed by atoms with van der Waals surface area (Å²) < 4.78 is 39.5. The Labute approximate surface area is 439 Å². The van der Waals surface area contributed by atoms with Gasteiger partial charge >= 0.3 is 25.7 Å². The van der Waals surface area contributed by atoms with Crippen molar-refractivity contribution in [3.8, 4) is 0 Å². The van der Waals surface area contributed by atoms with Gasteiger partial charge in [-0.15, -0.1) is 0 Å². The fourth-order valence-electron chi connectivity index (χ4n) is 7.73. The Morgan fingerprint density at radius 1 is 0.403 bits per heavy atom. The Morgan fingerprint density at radius 2 is 0.722 bits per heavy atom. The van der Waals surface area contributed by atoms with Crippen LogP contribution >= 0.6 is 7.82 Å². The number of ether oxygens (including phenoxy) is 3. The Bertz CT molecular complexity index is 1490. The van der Waals surface area contributed by atoms with Gasteiger partial charge in [0.2, 0.25) is 0 Å². The van der Waals surface area contributed by atoms with Crippen LogP contribution in [0.15, 0.2) is 72.9 Å². The van der Waals surface area contributed by atoms with E-state index in [1.165, 1.54) is 77.0 Å². The highest BCUT2D eigenvalue weighted by molar-refractivity contribution is 7.47. The summed E-state index contributed by atoms with van der Waals surface area (Å²) in [7, 11) is -4.76. The Morgan fingerprint density at radius 3 is 1.14 bits per heavy atom. The van der Waals surface area contributed by atoms with Crippen LogP contribution in [0.5, 0.6) is 0 Å². The van der Waals surface area contributed by atoms with Crippen LogP contribution in [-0.2, 0) is 42.2 Å². The second-order valence-corrected chi connectivity index (χ2v) is 20.5. The highest BCUT2D eigenvalue weighted by Crippen LogP contribution is 2.43. The molecule has 12 heteroatoms. The van der Waals surface area contributed by atoms with E-state index in [2.05, 4.69) is 93.7 Å². The lowest BCUT2D eigenvalue weighted by molar-refractivity contribution is -0.161. The second-order valence-electron chi connectivity index (χ2n) is 19.1. The smallest absolute Gasteiger partial charge is 0.462 e. The molecule has 72 heavy (non-hydrogen) atoms. The molecule has 0 saturated heterocycles. The van der Waals surface area contributed by atoms with Crippen molar-refractivity contribution < 1.29 is 52.2 Å². The van der Waals surface area contributed by atoms with E-state index in [-0.39, 0.29) is 25.9 Å². The first-order chi connectivity index (χ1) is 35.2. The van der Waals surface area contributed by atoms with E-state index >= 15 is 0 Å². The van der Waals surface area contributed by atoms with E-state index in [4.69, 9.17) is 23.3 Å². The number of aliphatic hydroxyl groups excluding tert-OH is 1. The lowest BCUT2D eigenvalue weighted by atomic mass is 10.0. The molecule has 416 valence electrons. The highest BCUT2D eigenvalue weighted by Gasteiger charge is 2.28. The van der Waals surface area contributed by atoms with Gasteiger partial charge in [0.15, 0.2) is 6.10 Å². The van der Waals surface area contributed by atoms with Crippen molar-refractivity contribution in [1.82, 2.24) is 0 Å². The lowest BCUT2D eigenvalue weighted by Crippen LogP contribution is -2.30. The van der Waals surface area contributed by atoms with Crippen molar-refractivity contribution in [2.24, 2.45) is 0 Å². The van der Waals surface area contributed by atoms with Gasteiger partial charge < -0.3 is 24.2 Å². The van der Waals surface area contributed by atoms with E-state index in [9.17, 15) is 28.9 Å². The van der Waals surface area contributed by atoms with Crippen molar-refractivity contribution in [3.63, 3.8) is 0 Å². The summed E-state index contributed by atoms with van der Waals surface area (Å²) in [6.45, 7) is 4.47. The van der Waals surface area contributed by atoms with E-state index in [1.807, 2.05) is 0 Å². The molecule has 11 nitrogen and oxygen atoms in total. The summed E-state index contributed by atoms with van der Waals surface area (Å²) in [4.78, 5) is 48.5. The maximum Gasteiger partial charge on any atom is 0.472 e. The molecule has 0 aliphatic heterocycles. The Balaban J connectivity index is 4.78. The molecule has 0 amide bonds. The second kappa shape index (κ2) is 54.2. The SMILES string of the molecule is CC/C=C\C/C=C\C/C=C\C/C=C\CCCCCCC(=O)OCC(COP(=O)(O)OCC(CO)OC(=O)CCCCCCCCCCCCCCC)OC(=O)CCCCCCC/C=C\C/C=C\CCCCC. The molecule has 2 N–H and O–H groups in total. The molecular formula is C60H105O11P. The van der Waals surface area contributed by atoms with Gasteiger partial charge in [0.25, 0.3) is 0 Å². The minimum Gasteiger partial charge on any atom is -0.462 e. The van der Waals surface area contributed by atoms with E-state index in [0.29, 0.717) is 19.3 Å². The van der Waals surface area contributed by atoms with Crippen LogP contribution in [0, 0.1) is 0 Å². The molecule has 0 aliphatic carbocycles. The molecule has 0 fully saturated rings. The van der Waals surface area contributed by atoms with Crippen LogP contribution in [-0.4, -0.2) is 66.5 Å². The number of hydrogen-bond donors (Lipinski definition) is 2. The number of carbonyl (C=O) groups excluding carboxylic acids is 3. The maximum atomic E-state index is 12.9. The topological polar surface area (TPSA) is 155 Å². The minimum atomic E-state index is -4.76.